The fraction of sp³-hybridized carbons (Fsp3) is 0.206. The average molecular weight is 579 g/mol. The van der Waals surface area contributed by atoms with Gasteiger partial charge in [-0.1, -0.05) is 54.1 Å². The van der Waals surface area contributed by atoms with Crippen molar-refractivity contribution in [2.75, 3.05) is 4.90 Å². The molecule has 4 aromatic rings. The van der Waals surface area contributed by atoms with E-state index in [2.05, 4.69) is 0 Å². The molecule has 2 heterocycles. The molecule has 2 aliphatic rings. The molecule has 210 valence electrons. The van der Waals surface area contributed by atoms with Crippen molar-refractivity contribution in [3.63, 3.8) is 0 Å². The number of halogens is 1. The summed E-state index contributed by atoms with van der Waals surface area (Å²) in [5, 5.41) is 1.11. The van der Waals surface area contributed by atoms with Gasteiger partial charge in [0.2, 0.25) is 17.6 Å². The summed E-state index contributed by atoms with van der Waals surface area (Å²) in [6.45, 7) is 3.44. The molecule has 6 rings (SSSR count). The van der Waals surface area contributed by atoms with Crippen LogP contribution in [0.25, 0.3) is 22.2 Å². The molecule has 0 N–H and O–H groups in total. The lowest BCUT2D eigenvalue weighted by Crippen LogP contribution is -2.30. The van der Waals surface area contributed by atoms with E-state index in [1.807, 2.05) is 31.2 Å². The van der Waals surface area contributed by atoms with Gasteiger partial charge in [0.1, 0.15) is 0 Å². The number of pyridine rings is 1. The Balaban J connectivity index is 1.30. The number of allylic oxidation sites excluding steroid dienone is 2. The van der Waals surface area contributed by atoms with Crippen LogP contribution in [0.1, 0.15) is 46.0 Å². The molecule has 1 aliphatic heterocycles. The Morgan fingerprint density at radius 1 is 0.929 bits per heavy atom. The highest BCUT2D eigenvalue weighted by molar-refractivity contribution is 6.30. The minimum absolute atomic E-state index is 0.172. The lowest BCUT2D eigenvalue weighted by molar-refractivity contribution is -0.122. The quantitative estimate of drug-likeness (QED) is 0.109. The third-order valence-corrected chi connectivity index (χ3v) is 8.22. The summed E-state index contributed by atoms with van der Waals surface area (Å²) < 4.78 is 5.64. The van der Waals surface area contributed by atoms with Crippen LogP contribution in [0.5, 0.6) is 0 Å². The third kappa shape index (κ3) is 4.90. The number of carbonyl (C=O) groups is 4. The lowest BCUT2D eigenvalue weighted by Gasteiger charge is -2.16. The topological polar surface area (TPSA) is 93.6 Å². The van der Waals surface area contributed by atoms with E-state index in [-0.39, 0.29) is 35.0 Å². The van der Waals surface area contributed by atoms with Gasteiger partial charge in [-0.3, -0.25) is 19.3 Å². The summed E-state index contributed by atoms with van der Waals surface area (Å²) >= 11 is 5.94. The molecule has 0 spiro atoms. The van der Waals surface area contributed by atoms with Crippen LogP contribution in [0.15, 0.2) is 84.9 Å². The number of hydrogen-bond acceptors (Lipinski definition) is 6. The van der Waals surface area contributed by atoms with Crippen molar-refractivity contribution < 1.29 is 23.9 Å². The second-order valence-electron chi connectivity index (χ2n) is 10.7. The first-order chi connectivity index (χ1) is 20.2. The number of rotatable bonds is 6. The van der Waals surface area contributed by atoms with Gasteiger partial charge < -0.3 is 4.74 Å². The maximum absolute atomic E-state index is 13.5. The van der Waals surface area contributed by atoms with Gasteiger partial charge in [0.15, 0.2) is 6.10 Å². The molecule has 3 atom stereocenters. The van der Waals surface area contributed by atoms with Gasteiger partial charge in [0.05, 0.1) is 34.3 Å². The van der Waals surface area contributed by atoms with Crippen LogP contribution >= 0.6 is 11.6 Å². The zero-order valence-corrected chi connectivity index (χ0v) is 23.8. The molecule has 1 fully saturated rings. The molecule has 8 heteroatoms. The van der Waals surface area contributed by atoms with E-state index < -0.39 is 12.1 Å². The number of para-hydroxylation sites is 1. The number of imide groups is 1. The lowest BCUT2D eigenvalue weighted by atomic mass is 9.85. The predicted molar refractivity (Wildman–Crippen MR) is 160 cm³/mol. The standard InChI is InChI=1S/C34H27ClN2O5/c1-19-6-5-9-25-28(34(41)42-20(2)31(38)22-10-14-23(35)15-11-22)18-29(36-30(19)25)21-12-16-24(17-13-21)37-32(39)26-7-3-4-8-27(26)33(37)40/h3-6,9-18,20,26-27H,7-8H2,1-2H3. The van der Waals surface area contributed by atoms with E-state index in [1.54, 1.807) is 60.7 Å². The Morgan fingerprint density at radius 3 is 2.21 bits per heavy atom. The van der Waals surface area contributed by atoms with Crippen LogP contribution in [-0.2, 0) is 14.3 Å². The van der Waals surface area contributed by atoms with E-state index in [1.165, 1.54) is 11.8 Å². The fourth-order valence-corrected chi connectivity index (χ4v) is 5.80. The predicted octanol–water partition coefficient (Wildman–Crippen LogP) is 6.75. The molecule has 3 unspecified atom stereocenters. The molecule has 1 saturated heterocycles. The summed E-state index contributed by atoms with van der Waals surface area (Å²) in [4.78, 5) is 58.5. The molecular formula is C34H27ClN2O5. The molecule has 0 saturated carbocycles. The fourth-order valence-electron chi connectivity index (χ4n) is 5.67. The number of anilines is 1. The Bertz CT molecular complexity index is 1750. The van der Waals surface area contributed by atoms with Gasteiger partial charge in [-0.15, -0.1) is 0 Å². The number of benzene rings is 3. The van der Waals surface area contributed by atoms with Crippen LogP contribution in [-0.4, -0.2) is 34.7 Å². The Labute approximate surface area is 247 Å². The number of carbonyl (C=O) groups excluding carboxylic acids is 4. The van der Waals surface area contributed by atoms with Crippen molar-refractivity contribution in [2.24, 2.45) is 11.8 Å². The number of hydrogen-bond donors (Lipinski definition) is 0. The highest BCUT2D eigenvalue weighted by atomic mass is 35.5. The molecule has 1 aromatic heterocycles. The van der Waals surface area contributed by atoms with Gasteiger partial charge in [-0.25, -0.2) is 9.78 Å². The molecule has 3 aromatic carbocycles. The van der Waals surface area contributed by atoms with Gasteiger partial charge in [0.25, 0.3) is 0 Å². The number of amides is 2. The van der Waals surface area contributed by atoms with E-state index >= 15 is 0 Å². The maximum atomic E-state index is 13.5. The smallest absolute Gasteiger partial charge is 0.339 e. The number of aromatic nitrogens is 1. The Morgan fingerprint density at radius 2 is 1.57 bits per heavy atom. The first-order valence-corrected chi connectivity index (χ1v) is 14.1. The summed E-state index contributed by atoms with van der Waals surface area (Å²) in [5.74, 6) is -1.95. The Kier molecular flexibility index (Phi) is 7.21. The van der Waals surface area contributed by atoms with Gasteiger partial charge in [-0.2, -0.15) is 0 Å². The first kappa shape index (κ1) is 27.5. The number of fused-ring (bicyclic) bond motifs is 2. The summed E-state index contributed by atoms with van der Waals surface area (Å²) in [7, 11) is 0. The number of nitrogens with zero attached hydrogens (tertiary/aromatic N) is 2. The highest BCUT2D eigenvalue weighted by Crippen LogP contribution is 2.38. The van der Waals surface area contributed by atoms with Crippen LogP contribution in [0, 0.1) is 18.8 Å². The van der Waals surface area contributed by atoms with Crippen LogP contribution in [0.2, 0.25) is 5.02 Å². The van der Waals surface area contributed by atoms with Crippen LogP contribution < -0.4 is 4.90 Å². The van der Waals surface area contributed by atoms with Crippen molar-refractivity contribution in [1.29, 1.82) is 0 Å². The first-order valence-electron chi connectivity index (χ1n) is 13.8. The van der Waals surface area contributed by atoms with Crippen molar-refractivity contribution in [3.05, 3.63) is 107 Å². The number of esters is 1. The number of Topliss-reactive ketones (excluding diaryl/α,β-unsaturated/α-hetero) is 1. The molecule has 7 nitrogen and oxygen atoms in total. The zero-order valence-electron chi connectivity index (χ0n) is 23.0. The van der Waals surface area contributed by atoms with Gasteiger partial charge in [0, 0.05) is 21.5 Å². The minimum Gasteiger partial charge on any atom is -0.451 e. The van der Waals surface area contributed by atoms with Gasteiger partial charge >= 0.3 is 5.97 Å². The van der Waals surface area contributed by atoms with E-state index in [4.69, 9.17) is 21.3 Å². The summed E-state index contributed by atoms with van der Waals surface area (Å²) in [6.07, 6.45) is 4.05. The molecule has 42 heavy (non-hydrogen) atoms. The maximum Gasteiger partial charge on any atom is 0.339 e. The SMILES string of the molecule is Cc1cccc2c(C(=O)OC(C)C(=O)c3ccc(Cl)cc3)cc(-c3ccc(N4C(=O)C5CC=CCC5C4=O)cc3)nc12. The van der Waals surface area contributed by atoms with Crippen molar-refractivity contribution in [3.8, 4) is 11.3 Å². The van der Waals surface area contributed by atoms with Crippen LogP contribution in [0.4, 0.5) is 5.69 Å². The number of aryl methyl sites for hydroxylation is 1. The van der Waals surface area contributed by atoms with E-state index in [9.17, 15) is 19.2 Å². The molecule has 0 bridgehead atoms. The highest BCUT2D eigenvalue weighted by Gasteiger charge is 2.47. The molecular weight excluding hydrogens is 552 g/mol. The molecule has 2 amide bonds. The second kappa shape index (κ2) is 11.0. The second-order valence-corrected chi connectivity index (χ2v) is 11.1. The van der Waals surface area contributed by atoms with Crippen molar-refractivity contribution in [2.45, 2.75) is 32.8 Å². The van der Waals surface area contributed by atoms with Gasteiger partial charge in [-0.05, 0) is 74.7 Å². The van der Waals surface area contributed by atoms with Crippen LogP contribution in [0.3, 0.4) is 0 Å². The number of ether oxygens (including phenoxy) is 1. The van der Waals surface area contributed by atoms with Crippen molar-refractivity contribution in [1.82, 2.24) is 4.98 Å². The van der Waals surface area contributed by atoms with Crippen molar-refractivity contribution >= 4 is 51.8 Å². The Hall–Kier alpha value is -4.62. The average Bonchev–Trinajstić information content (AvgIpc) is 3.26. The van der Waals surface area contributed by atoms with E-state index in [0.29, 0.717) is 51.3 Å². The third-order valence-electron chi connectivity index (χ3n) is 7.97. The molecule has 0 radical (unpaired) electrons. The number of ketones is 1. The van der Waals surface area contributed by atoms with E-state index in [0.717, 1.165) is 5.56 Å². The minimum atomic E-state index is -1.02. The summed E-state index contributed by atoms with van der Waals surface area (Å²) in [5.41, 5.74) is 3.89. The normalized spacial score (nSPS) is 18.7. The summed E-state index contributed by atoms with van der Waals surface area (Å²) in [6, 6.07) is 20.6. The molecule has 1 aliphatic carbocycles. The zero-order chi connectivity index (χ0) is 29.5. The monoisotopic (exact) mass is 578 g/mol. The largest absolute Gasteiger partial charge is 0.451 e.